The van der Waals surface area contributed by atoms with Crippen LogP contribution in [0.3, 0.4) is 0 Å². The van der Waals surface area contributed by atoms with E-state index >= 15 is 0 Å². The quantitative estimate of drug-likeness (QED) is 0.234. The summed E-state index contributed by atoms with van der Waals surface area (Å²) in [4.78, 5) is 0. The summed E-state index contributed by atoms with van der Waals surface area (Å²) in [6, 6.07) is 0. The van der Waals surface area contributed by atoms with Gasteiger partial charge in [-0.3, -0.25) is 4.21 Å². The number of rotatable bonds is 1. The maximum atomic E-state index is 9.16. The Morgan fingerprint density at radius 3 is 1.50 bits per heavy atom. The summed E-state index contributed by atoms with van der Waals surface area (Å²) in [5.74, 6) is 0. The molecule has 0 fully saturated rings. The summed E-state index contributed by atoms with van der Waals surface area (Å²) < 4.78 is 45.7. The van der Waals surface area contributed by atoms with Gasteiger partial charge in [0.15, 0.2) is 9.15 Å². The van der Waals surface area contributed by atoms with E-state index in [0.717, 1.165) is 0 Å². The van der Waals surface area contributed by atoms with E-state index in [-0.39, 0.29) is 27.3 Å². The van der Waals surface area contributed by atoms with E-state index in [9.17, 15) is 0 Å². The van der Waals surface area contributed by atoms with E-state index in [2.05, 4.69) is 0 Å². The Morgan fingerprint density at radius 1 is 1.38 bits per heavy atom. The first-order valence-corrected chi connectivity index (χ1v) is 4.00. The van der Waals surface area contributed by atoms with Crippen molar-refractivity contribution in [3.8, 4) is 0 Å². The maximum absolute atomic E-state index is 9.16. The van der Waals surface area contributed by atoms with Crippen LogP contribution in [0.25, 0.3) is 0 Å². The van der Waals surface area contributed by atoms with Crippen LogP contribution in [-0.4, -0.2) is 49.0 Å². The van der Waals surface area contributed by atoms with E-state index in [0.29, 0.717) is 0 Å². The van der Waals surface area contributed by atoms with E-state index in [4.69, 9.17) is 21.7 Å². The Balaban J connectivity index is 0. The molecule has 1 unspecified atom stereocenters. The first-order valence-electron chi connectivity index (χ1n) is 1.00. The number of hydrogen-bond acceptors (Lipinski definition) is 5. The third-order valence-electron chi connectivity index (χ3n) is 0.167. The van der Waals surface area contributed by atoms with Gasteiger partial charge in [0.2, 0.25) is 0 Å². The molecule has 0 aliphatic heterocycles. The van der Waals surface area contributed by atoms with Gasteiger partial charge in [0.1, 0.15) is 0 Å². The Morgan fingerprint density at radius 2 is 1.50 bits per heavy atom. The van der Waals surface area contributed by atoms with Gasteiger partial charge in [0, 0.05) is 0 Å². The Labute approximate surface area is 68.1 Å². The van der Waals surface area contributed by atoms with Crippen molar-refractivity contribution in [2.75, 3.05) is 0 Å². The van der Waals surface area contributed by atoms with Crippen LogP contribution in [-0.2, 0) is 19.3 Å². The van der Waals surface area contributed by atoms with Crippen molar-refractivity contribution in [1.82, 2.24) is 0 Å². The van der Waals surface area contributed by atoms with Gasteiger partial charge in [-0.1, -0.05) is 0 Å². The van der Waals surface area contributed by atoms with Gasteiger partial charge >= 0.3 is 27.3 Å². The van der Waals surface area contributed by atoms with Crippen LogP contribution in [0.2, 0.25) is 0 Å². The molecule has 5 nitrogen and oxygen atoms in total. The molecule has 0 saturated carbocycles. The molecule has 0 N–H and O–H groups in total. The molecule has 8 heavy (non-hydrogen) atoms. The zero-order valence-electron chi connectivity index (χ0n) is 3.36. The van der Waals surface area contributed by atoms with Crippen LogP contribution >= 0.6 is 0 Å². The van der Waals surface area contributed by atoms with Gasteiger partial charge in [-0.2, -0.15) is 0 Å². The van der Waals surface area contributed by atoms with Crippen molar-refractivity contribution in [3.63, 3.8) is 0 Å². The zero-order valence-corrected chi connectivity index (χ0v) is 8.88. The predicted molar refractivity (Wildman–Crippen MR) is 24.4 cm³/mol. The topological polar surface area (TPSA) is 97.3 Å². The monoisotopic (exact) mass is 352 g/mol. The van der Waals surface area contributed by atoms with Gasteiger partial charge in [0.25, 0.3) is 0 Å². The van der Waals surface area contributed by atoms with Crippen molar-refractivity contribution >= 4 is 46.6 Å². The molecule has 0 aliphatic carbocycles. The molecule has 0 bridgehead atoms. The van der Waals surface area contributed by atoms with E-state index in [1.165, 1.54) is 0 Å². The first-order chi connectivity index (χ1) is 2.94. The average Bonchev–Trinajstić information content (AvgIpc) is 1.31. The van der Waals surface area contributed by atoms with Gasteiger partial charge in [0.05, 0.1) is 10.1 Å². The van der Waals surface area contributed by atoms with Crippen LogP contribution in [0.15, 0.2) is 0 Å². The van der Waals surface area contributed by atoms with Crippen LogP contribution in [0.5, 0.6) is 0 Å². The molecular formula is O5PbS2. The van der Waals surface area contributed by atoms with Crippen LogP contribution in [0.4, 0.5) is 0 Å². The Kier molecular flexibility index (Phi) is 5.66. The second kappa shape index (κ2) is 3.87. The third kappa shape index (κ3) is 5.09. The summed E-state index contributed by atoms with van der Waals surface area (Å²) in [5.41, 5.74) is 0. The fourth-order valence-electron chi connectivity index (χ4n) is 0. The minimum absolute atomic E-state index is 0. The zero-order chi connectivity index (χ0) is 6.08. The van der Waals surface area contributed by atoms with Crippen molar-refractivity contribution in [1.29, 1.82) is 0 Å². The SMILES string of the molecule is O=S([O-])S(=O)(=O)[O-].[Pb+2]. The minimum atomic E-state index is -5.07. The second-order valence-electron chi connectivity index (χ2n) is 0.612. The fourth-order valence-corrected chi connectivity index (χ4v) is 0. The van der Waals surface area contributed by atoms with Gasteiger partial charge in [-0.05, 0) is 0 Å². The van der Waals surface area contributed by atoms with Crippen molar-refractivity contribution in [2.24, 2.45) is 0 Å². The van der Waals surface area contributed by atoms with E-state index in [1.54, 1.807) is 0 Å². The molecule has 0 rings (SSSR count). The molecule has 2 radical (unpaired) electrons. The smallest absolute Gasteiger partial charge is 0.761 e. The molecule has 1 atom stereocenters. The normalized spacial score (nSPS) is 14.2. The van der Waals surface area contributed by atoms with E-state index < -0.39 is 19.3 Å². The summed E-state index contributed by atoms with van der Waals surface area (Å²) in [6.07, 6.45) is 0. The largest absolute Gasteiger partial charge is 2.00 e. The number of hydrogen-bond donors (Lipinski definition) is 0. The summed E-state index contributed by atoms with van der Waals surface area (Å²) >= 11 is 0. The van der Waals surface area contributed by atoms with E-state index in [1.807, 2.05) is 0 Å². The molecule has 0 amide bonds. The molecule has 46 valence electrons. The standard InChI is InChI=1S/H2O5S2.Pb/c1-6(2)7(3,4)5;/h(H,1,2)(H,3,4,5);/q;+2/p-2. The first kappa shape index (κ1) is 11.7. The van der Waals surface area contributed by atoms with Gasteiger partial charge in [-0.15, -0.1) is 0 Å². The maximum Gasteiger partial charge on any atom is 2.00 e. The van der Waals surface area contributed by atoms with Gasteiger partial charge < -0.3 is 9.11 Å². The van der Waals surface area contributed by atoms with Crippen LogP contribution < -0.4 is 0 Å². The molecule has 0 aromatic heterocycles. The minimum Gasteiger partial charge on any atom is -0.761 e. The summed E-state index contributed by atoms with van der Waals surface area (Å²) in [5, 5.41) is 0. The summed E-state index contributed by atoms with van der Waals surface area (Å²) in [7, 11) is -8.59. The molecule has 0 aromatic carbocycles. The van der Waals surface area contributed by atoms with Crippen molar-refractivity contribution < 1.29 is 21.7 Å². The molecule has 0 aromatic rings. The molecule has 0 aliphatic rings. The van der Waals surface area contributed by atoms with Crippen LogP contribution in [0, 0.1) is 0 Å². The van der Waals surface area contributed by atoms with Crippen molar-refractivity contribution in [3.05, 3.63) is 0 Å². The molecule has 0 heterocycles. The predicted octanol–water partition coefficient (Wildman–Crippen LogP) is -2.06. The van der Waals surface area contributed by atoms with Crippen molar-refractivity contribution in [2.45, 2.75) is 0 Å². The average molecular weight is 351 g/mol. The molecule has 0 spiro atoms. The van der Waals surface area contributed by atoms with Gasteiger partial charge in [-0.25, -0.2) is 8.42 Å². The molecule has 0 saturated heterocycles. The summed E-state index contributed by atoms with van der Waals surface area (Å²) in [6.45, 7) is 0. The van der Waals surface area contributed by atoms with Crippen LogP contribution in [0.1, 0.15) is 0 Å². The fraction of sp³-hybridized carbons (Fsp3) is 0. The molecule has 8 heteroatoms. The Hall–Kier alpha value is 0.942. The second-order valence-corrected chi connectivity index (χ2v) is 3.88. The molecular weight excluding hydrogens is 351 g/mol. The third-order valence-corrected chi connectivity index (χ3v) is 1.50. The Bertz CT molecular complexity index is 165.